The van der Waals surface area contributed by atoms with E-state index in [2.05, 4.69) is 10.5 Å². The topological polar surface area (TPSA) is 94.1 Å². The highest BCUT2D eigenvalue weighted by molar-refractivity contribution is 7.87. The zero-order valence-electron chi connectivity index (χ0n) is 18.0. The first-order valence-corrected chi connectivity index (χ1v) is 11.3. The average molecular weight is 453 g/mol. The van der Waals surface area contributed by atoms with Gasteiger partial charge in [0.05, 0.1) is 6.21 Å². The van der Waals surface area contributed by atoms with Crippen LogP contribution in [0.2, 0.25) is 0 Å². The number of ether oxygens (including phenoxy) is 1. The fourth-order valence-corrected chi connectivity index (χ4v) is 3.65. The second-order valence-corrected chi connectivity index (χ2v) is 8.76. The van der Waals surface area contributed by atoms with Crippen LogP contribution in [0.3, 0.4) is 0 Å². The molecule has 3 aromatic carbocycles. The third-order valence-corrected chi connectivity index (χ3v) is 5.92. The Bertz CT molecular complexity index is 1240. The van der Waals surface area contributed by atoms with E-state index in [1.165, 1.54) is 24.4 Å². The van der Waals surface area contributed by atoms with Crippen LogP contribution in [0.25, 0.3) is 0 Å². The molecular formula is C24H24N2O5S. The molecule has 166 valence electrons. The molecule has 0 radical (unpaired) electrons. The monoisotopic (exact) mass is 452 g/mol. The average Bonchev–Trinajstić information content (AvgIpc) is 2.76. The first-order chi connectivity index (χ1) is 15.2. The molecule has 0 aliphatic heterocycles. The minimum atomic E-state index is -4.01. The Labute approximate surface area is 187 Å². The van der Waals surface area contributed by atoms with Crippen molar-refractivity contribution in [3.63, 3.8) is 0 Å². The van der Waals surface area contributed by atoms with Crippen molar-refractivity contribution < 1.29 is 22.1 Å². The molecule has 0 spiro atoms. The van der Waals surface area contributed by atoms with E-state index in [-0.39, 0.29) is 17.3 Å². The van der Waals surface area contributed by atoms with Crippen molar-refractivity contribution in [2.45, 2.75) is 25.7 Å². The first kappa shape index (κ1) is 23.0. The lowest BCUT2D eigenvalue weighted by Crippen LogP contribution is -2.24. The van der Waals surface area contributed by atoms with Gasteiger partial charge in [-0.2, -0.15) is 13.5 Å². The quantitative estimate of drug-likeness (QED) is 0.318. The number of nitrogens with zero attached hydrogens (tertiary/aromatic N) is 1. The third kappa shape index (κ3) is 6.18. The number of carbonyl (C=O) groups excluding carboxylic acids is 1. The van der Waals surface area contributed by atoms with Crippen molar-refractivity contribution in [2.75, 3.05) is 6.61 Å². The Hall–Kier alpha value is -3.65. The molecule has 0 heterocycles. The van der Waals surface area contributed by atoms with Gasteiger partial charge in [0.25, 0.3) is 5.91 Å². The minimum Gasteiger partial charge on any atom is -0.484 e. The summed E-state index contributed by atoms with van der Waals surface area (Å²) in [7, 11) is -4.01. The van der Waals surface area contributed by atoms with Gasteiger partial charge in [-0.3, -0.25) is 4.79 Å². The van der Waals surface area contributed by atoms with Crippen LogP contribution in [0.4, 0.5) is 0 Å². The van der Waals surface area contributed by atoms with Crippen molar-refractivity contribution in [1.82, 2.24) is 5.43 Å². The fraction of sp³-hybridized carbons (Fsp3) is 0.167. The summed E-state index contributed by atoms with van der Waals surface area (Å²) in [6, 6.07) is 18.4. The third-order valence-electron chi connectivity index (χ3n) is 4.67. The van der Waals surface area contributed by atoms with Crippen molar-refractivity contribution in [2.24, 2.45) is 5.10 Å². The summed E-state index contributed by atoms with van der Waals surface area (Å²) in [5.74, 6) is 0.231. The Kier molecular flexibility index (Phi) is 7.27. The van der Waals surface area contributed by atoms with Gasteiger partial charge in [0, 0.05) is 5.56 Å². The molecule has 0 bridgehead atoms. The molecule has 0 saturated heterocycles. The number of rotatable bonds is 8. The van der Waals surface area contributed by atoms with Crippen LogP contribution in [-0.4, -0.2) is 27.1 Å². The van der Waals surface area contributed by atoms with Crippen LogP contribution in [0.15, 0.2) is 76.7 Å². The Morgan fingerprint density at radius 2 is 1.69 bits per heavy atom. The molecule has 3 aromatic rings. The Morgan fingerprint density at radius 1 is 0.969 bits per heavy atom. The van der Waals surface area contributed by atoms with Gasteiger partial charge in [-0.1, -0.05) is 35.9 Å². The normalized spacial score (nSPS) is 11.3. The number of aryl methyl sites for hydroxylation is 3. The molecule has 0 aliphatic rings. The number of nitrogens with one attached hydrogen (secondary N) is 1. The highest BCUT2D eigenvalue weighted by Gasteiger charge is 2.17. The SMILES string of the molecule is Cc1ccc(S(=O)(=O)Oc2ccccc2C=NNC(=O)COc2ccc(C)c(C)c2)cc1. The van der Waals surface area contributed by atoms with Crippen LogP contribution < -0.4 is 14.3 Å². The van der Waals surface area contributed by atoms with Gasteiger partial charge in [0.2, 0.25) is 0 Å². The number of hydrazone groups is 1. The van der Waals surface area contributed by atoms with Gasteiger partial charge >= 0.3 is 10.1 Å². The van der Waals surface area contributed by atoms with E-state index in [0.29, 0.717) is 11.3 Å². The van der Waals surface area contributed by atoms with E-state index in [9.17, 15) is 13.2 Å². The predicted molar refractivity (Wildman–Crippen MR) is 123 cm³/mol. The maximum atomic E-state index is 12.6. The Morgan fingerprint density at radius 3 is 2.41 bits per heavy atom. The lowest BCUT2D eigenvalue weighted by molar-refractivity contribution is -0.123. The molecule has 7 nitrogen and oxygen atoms in total. The summed E-state index contributed by atoms with van der Waals surface area (Å²) in [5, 5.41) is 3.88. The minimum absolute atomic E-state index is 0.0478. The molecule has 8 heteroatoms. The summed E-state index contributed by atoms with van der Waals surface area (Å²) >= 11 is 0. The van der Waals surface area contributed by atoms with Crippen molar-refractivity contribution in [3.8, 4) is 11.5 Å². The van der Waals surface area contributed by atoms with E-state index < -0.39 is 16.0 Å². The molecule has 0 unspecified atom stereocenters. The van der Waals surface area contributed by atoms with Crippen LogP contribution >= 0.6 is 0 Å². The van der Waals surface area contributed by atoms with Gasteiger partial charge < -0.3 is 8.92 Å². The van der Waals surface area contributed by atoms with E-state index in [4.69, 9.17) is 8.92 Å². The van der Waals surface area contributed by atoms with Gasteiger partial charge in [0.1, 0.15) is 10.6 Å². The van der Waals surface area contributed by atoms with Gasteiger partial charge in [-0.05, 0) is 68.3 Å². The highest BCUT2D eigenvalue weighted by Crippen LogP contribution is 2.22. The van der Waals surface area contributed by atoms with Crippen LogP contribution in [0.1, 0.15) is 22.3 Å². The number of benzene rings is 3. The van der Waals surface area contributed by atoms with Gasteiger partial charge in [0.15, 0.2) is 12.4 Å². The molecule has 0 fully saturated rings. The number of hydrogen-bond acceptors (Lipinski definition) is 6. The second kappa shape index (κ2) is 10.1. The molecule has 32 heavy (non-hydrogen) atoms. The van der Waals surface area contributed by atoms with Crippen LogP contribution in [0.5, 0.6) is 11.5 Å². The fourth-order valence-electron chi connectivity index (χ4n) is 2.69. The van der Waals surface area contributed by atoms with E-state index in [0.717, 1.165) is 16.7 Å². The standard InChI is InChI=1S/C24H24N2O5S/c1-17-8-12-22(13-9-17)32(28,29)31-23-7-5-4-6-20(23)15-25-26-24(27)16-30-21-11-10-18(2)19(3)14-21/h4-15H,16H2,1-3H3,(H,26,27). The lowest BCUT2D eigenvalue weighted by atomic mass is 10.1. The largest absolute Gasteiger partial charge is 0.484 e. The van der Waals surface area contributed by atoms with Crippen LogP contribution in [-0.2, 0) is 14.9 Å². The van der Waals surface area contributed by atoms with E-state index in [1.54, 1.807) is 36.4 Å². The van der Waals surface area contributed by atoms with E-state index in [1.807, 2.05) is 32.9 Å². The number of hydrogen-bond donors (Lipinski definition) is 1. The molecule has 0 aliphatic carbocycles. The zero-order valence-corrected chi connectivity index (χ0v) is 18.8. The smallest absolute Gasteiger partial charge is 0.339 e. The number of para-hydroxylation sites is 1. The molecule has 0 aromatic heterocycles. The van der Waals surface area contributed by atoms with E-state index >= 15 is 0 Å². The first-order valence-electron chi connectivity index (χ1n) is 9.87. The van der Waals surface area contributed by atoms with Gasteiger partial charge in [-0.15, -0.1) is 0 Å². The zero-order chi connectivity index (χ0) is 23.1. The Balaban J connectivity index is 1.62. The molecule has 3 rings (SSSR count). The molecule has 0 saturated carbocycles. The molecular weight excluding hydrogens is 428 g/mol. The van der Waals surface area contributed by atoms with Gasteiger partial charge in [-0.25, -0.2) is 5.43 Å². The maximum absolute atomic E-state index is 12.6. The maximum Gasteiger partial charge on any atom is 0.339 e. The number of carbonyl (C=O) groups is 1. The summed E-state index contributed by atoms with van der Waals surface area (Å²) in [4.78, 5) is 12.1. The summed E-state index contributed by atoms with van der Waals surface area (Å²) in [6.07, 6.45) is 1.31. The van der Waals surface area contributed by atoms with Crippen LogP contribution in [0, 0.1) is 20.8 Å². The highest BCUT2D eigenvalue weighted by atomic mass is 32.2. The summed E-state index contributed by atoms with van der Waals surface area (Å²) in [5.41, 5.74) is 5.89. The lowest BCUT2D eigenvalue weighted by Gasteiger charge is -2.09. The molecule has 1 N–H and O–H groups in total. The second-order valence-electron chi connectivity index (χ2n) is 7.22. The summed E-state index contributed by atoms with van der Waals surface area (Å²) < 4.78 is 35.9. The predicted octanol–water partition coefficient (Wildman–Crippen LogP) is 3.91. The number of amides is 1. The summed E-state index contributed by atoms with van der Waals surface area (Å²) in [6.45, 7) is 5.61. The molecule has 1 amide bonds. The van der Waals surface area contributed by atoms with Crippen molar-refractivity contribution in [3.05, 3.63) is 89.0 Å². The van der Waals surface area contributed by atoms with Crippen molar-refractivity contribution >= 4 is 22.2 Å². The molecule has 0 atom stereocenters. The van der Waals surface area contributed by atoms with Crippen molar-refractivity contribution in [1.29, 1.82) is 0 Å².